The van der Waals surface area contributed by atoms with Crippen molar-refractivity contribution in [2.75, 3.05) is 14.1 Å². The van der Waals surface area contributed by atoms with Crippen molar-refractivity contribution in [3.05, 3.63) is 0 Å². The van der Waals surface area contributed by atoms with Crippen LogP contribution in [0.1, 0.15) is 47.0 Å². The summed E-state index contributed by atoms with van der Waals surface area (Å²) in [7, 11) is 3.33. The molecule has 0 rings (SSSR count). The molecule has 0 aliphatic rings. The molecule has 0 heterocycles. The van der Waals surface area contributed by atoms with E-state index in [-0.39, 0.29) is 23.8 Å². The molecular formula is C14H28N2O2. The highest BCUT2D eigenvalue weighted by Crippen LogP contribution is 2.13. The van der Waals surface area contributed by atoms with Gasteiger partial charge in [-0.2, -0.15) is 0 Å². The Morgan fingerprint density at radius 1 is 1.17 bits per heavy atom. The van der Waals surface area contributed by atoms with Crippen molar-refractivity contribution in [1.82, 2.24) is 10.2 Å². The lowest BCUT2D eigenvalue weighted by molar-refractivity contribution is -0.140. The summed E-state index contributed by atoms with van der Waals surface area (Å²) in [6.45, 7) is 8.21. The molecule has 1 N–H and O–H groups in total. The number of hydrogen-bond donors (Lipinski definition) is 1. The maximum Gasteiger partial charge on any atom is 0.242 e. The lowest BCUT2D eigenvalue weighted by atomic mass is 10.0. The Morgan fingerprint density at radius 3 is 2.11 bits per heavy atom. The first kappa shape index (κ1) is 16.9. The van der Waals surface area contributed by atoms with Crippen LogP contribution in [0.2, 0.25) is 0 Å². The Balaban J connectivity index is 4.43. The molecule has 0 aromatic heterocycles. The fourth-order valence-corrected chi connectivity index (χ4v) is 2.07. The summed E-state index contributed by atoms with van der Waals surface area (Å²) in [5.74, 6) is 0.689. The topological polar surface area (TPSA) is 49.4 Å². The van der Waals surface area contributed by atoms with Crippen LogP contribution in [0.3, 0.4) is 0 Å². The number of carbonyl (C=O) groups excluding carboxylic acids is 2. The van der Waals surface area contributed by atoms with Gasteiger partial charge in [0.15, 0.2) is 0 Å². The Labute approximate surface area is 111 Å². The van der Waals surface area contributed by atoms with Crippen molar-refractivity contribution in [3.63, 3.8) is 0 Å². The number of hydrogen-bond acceptors (Lipinski definition) is 2. The van der Waals surface area contributed by atoms with Gasteiger partial charge in [0.2, 0.25) is 11.8 Å². The van der Waals surface area contributed by atoms with Crippen LogP contribution in [-0.2, 0) is 9.59 Å². The van der Waals surface area contributed by atoms with Crippen LogP contribution in [0.25, 0.3) is 0 Å². The second-order valence-corrected chi connectivity index (χ2v) is 5.59. The fourth-order valence-electron chi connectivity index (χ4n) is 2.07. The minimum Gasteiger partial charge on any atom is -0.357 e. The standard InChI is InChI=1S/C14H28N2O2/c1-10(2)8-7-9-12(17)16(6)13(11(3)4)14(18)15-5/h10-11,13H,7-9H2,1-6H3,(H,15,18). The van der Waals surface area contributed by atoms with Gasteiger partial charge < -0.3 is 10.2 Å². The first-order valence-electron chi connectivity index (χ1n) is 6.78. The zero-order chi connectivity index (χ0) is 14.3. The van der Waals surface area contributed by atoms with Gasteiger partial charge in [0.1, 0.15) is 6.04 Å². The Morgan fingerprint density at radius 2 is 1.72 bits per heavy atom. The molecular weight excluding hydrogens is 228 g/mol. The predicted molar refractivity (Wildman–Crippen MR) is 74.2 cm³/mol. The molecule has 0 radical (unpaired) electrons. The van der Waals surface area contributed by atoms with Crippen LogP contribution in [-0.4, -0.2) is 36.9 Å². The molecule has 18 heavy (non-hydrogen) atoms. The number of likely N-dealkylation sites (N-methyl/N-ethyl adjacent to an activating group) is 2. The summed E-state index contributed by atoms with van der Waals surface area (Å²) in [6.07, 6.45) is 2.46. The Hall–Kier alpha value is -1.06. The van der Waals surface area contributed by atoms with E-state index in [0.717, 1.165) is 12.8 Å². The first-order valence-corrected chi connectivity index (χ1v) is 6.78. The highest BCUT2D eigenvalue weighted by Gasteiger charge is 2.28. The monoisotopic (exact) mass is 256 g/mol. The fraction of sp³-hybridized carbons (Fsp3) is 0.857. The van der Waals surface area contributed by atoms with Crippen LogP contribution in [0.4, 0.5) is 0 Å². The van der Waals surface area contributed by atoms with Gasteiger partial charge in [0.05, 0.1) is 0 Å². The summed E-state index contributed by atoms with van der Waals surface area (Å²) < 4.78 is 0. The van der Waals surface area contributed by atoms with Crippen molar-refractivity contribution in [2.24, 2.45) is 11.8 Å². The van der Waals surface area contributed by atoms with E-state index in [1.165, 1.54) is 0 Å². The lowest BCUT2D eigenvalue weighted by Gasteiger charge is -2.29. The van der Waals surface area contributed by atoms with Crippen LogP contribution in [0.15, 0.2) is 0 Å². The van der Waals surface area contributed by atoms with Crippen molar-refractivity contribution < 1.29 is 9.59 Å². The van der Waals surface area contributed by atoms with Crippen molar-refractivity contribution >= 4 is 11.8 Å². The van der Waals surface area contributed by atoms with E-state index in [2.05, 4.69) is 19.2 Å². The summed E-state index contributed by atoms with van der Waals surface area (Å²) in [4.78, 5) is 25.4. The van der Waals surface area contributed by atoms with Gasteiger partial charge >= 0.3 is 0 Å². The molecule has 1 atom stereocenters. The molecule has 0 aromatic carbocycles. The predicted octanol–water partition coefficient (Wildman–Crippen LogP) is 2.04. The zero-order valence-electron chi connectivity index (χ0n) is 12.6. The largest absolute Gasteiger partial charge is 0.357 e. The van der Waals surface area contributed by atoms with E-state index in [1.54, 1.807) is 19.0 Å². The van der Waals surface area contributed by atoms with Crippen molar-refractivity contribution in [1.29, 1.82) is 0 Å². The average Bonchev–Trinajstić information content (AvgIpc) is 2.27. The van der Waals surface area contributed by atoms with Gasteiger partial charge in [-0.3, -0.25) is 9.59 Å². The maximum atomic E-state index is 12.0. The second kappa shape index (κ2) is 8.11. The highest BCUT2D eigenvalue weighted by molar-refractivity contribution is 5.87. The molecule has 2 amide bonds. The summed E-state index contributed by atoms with van der Waals surface area (Å²) in [5, 5.41) is 2.62. The molecule has 0 aliphatic heterocycles. The molecule has 1 unspecified atom stereocenters. The number of carbonyl (C=O) groups is 2. The minimum atomic E-state index is -0.374. The minimum absolute atomic E-state index is 0.0537. The number of rotatable bonds is 7. The SMILES string of the molecule is CNC(=O)C(C(C)C)N(C)C(=O)CCCC(C)C. The molecule has 0 saturated carbocycles. The van der Waals surface area contributed by atoms with Crippen LogP contribution >= 0.6 is 0 Å². The third-order valence-corrected chi connectivity index (χ3v) is 3.13. The first-order chi connectivity index (χ1) is 8.31. The number of nitrogens with zero attached hydrogens (tertiary/aromatic N) is 1. The molecule has 0 bridgehead atoms. The van der Waals surface area contributed by atoms with E-state index in [9.17, 15) is 9.59 Å². The molecule has 0 fully saturated rings. The van der Waals surface area contributed by atoms with Crippen molar-refractivity contribution in [2.45, 2.75) is 53.0 Å². The zero-order valence-corrected chi connectivity index (χ0v) is 12.6. The van der Waals surface area contributed by atoms with Gasteiger partial charge in [0, 0.05) is 20.5 Å². The lowest BCUT2D eigenvalue weighted by Crippen LogP contribution is -2.49. The third-order valence-electron chi connectivity index (χ3n) is 3.13. The summed E-state index contributed by atoms with van der Waals surface area (Å²) >= 11 is 0. The molecule has 0 aromatic rings. The number of amides is 2. The van der Waals surface area contributed by atoms with E-state index in [1.807, 2.05) is 13.8 Å². The van der Waals surface area contributed by atoms with Gasteiger partial charge in [-0.1, -0.05) is 34.1 Å². The Bertz CT molecular complexity index is 275. The molecule has 0 saturated heterocycles. The van der Waals surface area contributed by atoms with Crippen LogP contribution in [0.5, 0.6) is 0 Å². The van der Waals surface area contributed by atoms with E-state index < -0.39 is 0 Å². The highest BCUT2D eigenvalue weighted by atomic mass is 16.2. The van der Waals surface area contributed by atoms with Crippen LogP contribution in [0, 0.1) is 11.8 Å². The normalized spacial score (nSPS) is 12.7. The molecule has 0 aliphatic carbocycles. The molecule has 4 heteroatoms. The van der Waals surface area contributed by atoms with Gasteiger partial charge in [-0.15, -0.1) is 0 Å². The third kappa shape index (κ3) is 5.52. The Kier molecular flexibility index (Phi) is 7.64. The maximum absolute atomic E-state index is 12.0. The molecule has 4 nitrogen and oxygen atoms in total. The molecule has 106 valence electrons. The van der Waals surface area contributed by atoms with Gasteiger partial charge in [-0.25, -0.2) is 0 Å². The average molecular weight is 256 g/mol. The van der Waals surface area contributed by atoms with Crippen LogP contribution < -0.4 is 5.32 Å². The van der Waals surface area contributed by atoms with Gasteiger partial charge in [-0.05, 0) is 18.3 Å². The smallest absolute Gasteiger partial charge is 0.242 e. The molecule has 0 spiro atoms. The summed E-state index contributed by atoms with van der Waals surface area (Å²) in [5.41, 5.74) is 0. The van der Waals surface area contributed by atoms with E-state index in [0.29, 0.717) is 12.3 Å². The van der Waals surface area contributed by atoms with E-state index in [4.69, 9.17) is 0 Å². The summed E-state index contributed by atoms with van der Waals surface area (Å²) in [6, 6.07) is -0.374. The number of nitrogens with one attached hydrogen (secondary N) is 1. The van der Waals surface area contributed by atoms with Gasteiger partial charge in [0.25, 0.3) is 0 Å². The van der Waals surface area contributed by atoms with E-state index >= 15 is 0 Å². The second-order valence-electron chi connectivity index (χ2n) is 5.59. The van der Waals surface area contributed by atoms with Crippen molar-refractivity contribution in [3.8, 4) is 0 Å². The quantitative estimate of drug-likeness (QED) is 0.758.